The van der Waals surface area contributed by atoms with Gasteiger partial charge >= 0.3 is 5.97 Å². The van der Waals surface area contributed by atoms with Gasteiger partial charge in [0.15, 0.2) is 0 Å². The molecule has 1 unspecified atom stereocenters. The highest BCUT2D eigenvalue weighted by molar-refractivity contribution is 6.29. The third-order valence-corrected chi connectivity index (χ3v) is 3.57. The second-order valence-corrected chi connectivity index (χ2v) is 5.25. The molecule has 0 fully saturated rings. The van der Waals surface area contributed by atoms with E-state index in [-0.39, 0.29) is 0 Å². The van der Waals surface area contributed by atoms with Crippen LogP contribution < -0.4 is 0 Å². The summed E-state index contributed by atoms with van der Waals surface area (Å²) in [7, 11) is 0. The number of carboxylic acids is 1. The summed E-state index contributed by atoms with van der Waals surface area (Å²) < 4.78 is 0. The molecule has 0 aliphatic heterocycles. The lowest BCUT2D eigenvalue weighted by Crippen LogP contribution is -2.19. The van der Waals surface area contributed by atoms with Gasteiger partial charge in [-0.05, 0) is 42.5 Å². The highest BCUT2D eigenvalue weighted by Gasteiger charge is 2.19. The van der Waals surface area contributed by atoms with E-state index in [4.69, 9.17) is 11.6 Å². The van der Waals surface area contributed by atoms with Crippen molar-refractivity contribution in [3.63, 3.8) is 0 Å². The molecule has 1 heterocycles. The molecule has 1 aromatic carbocycles. The summed E-state index contributed by atoms with van der Waals surface area (Å²) in [5, 5.41) is 9.81. The van der Waals surface area contributed by atoms with Crippen molar-refractivity contribution >= 4 is 17.6 Å². The Morgan fingerprint density at radius 2 is 2.00 bits per heavy atom. The van der Waals surface area contributed by atoms with Crippen LogP contribution in [0.5, 0.6) is 0 Å². The molecule has 104 valence electrons. The van der Waals surface area contributed by atoms with Crippen LogP contribution in [0.2, 0.25) is 5.15 Å². The minimum atomic E-state index is -0.789. The van der Waals surface area contributed by atoms with Gasteiger partial charge in [-0.2, -0.15) is 0 Å². The maximum atomic E-state index is 11.4. The largest absolute Gasteiger partial charge is 0.481 e. The number of aromatic nitrogens is 1. The predicted octanol–water partition coefficient (Wildman–Crippen LogP) is 3.53. The van der Waals surface area contributed by atoms with E-state index in [0.717, 1.165) is 16.7 Å². The summed E-state index contributed by atoms with van der Waals surface area (Å²) >= 11 is 5.73. The van der Waals surface area contributed by atoms with E-state index >= 15 is 0 Å². The predicted molar refractivity (Wildman–Crippen MR) is 79.0 cm³/mol. The normalized spacial score (nSPS) is 12.1. The Balaban J connectivity index is 2.14. The summed E-state index contributed by atoms with van der Waals surface area (Å²) in [6, 6.07) is 11.4. The zero-order valence-electron chi connectivity index (χ0n) is 11.2. The van der Waals surface area contributed by atoms with Gasteiger partial charge in [0, 0.05) is 6.20 Å². The summed E-state index contributed by atoms with van der Waals surface area (Å²) in [5.41, 5.74) is 3.07. The summed E-state index contributed by atoms with van der Waals surface area (Å²) in [6.07, 6.45) is 2.61. The van der Waals surface area contributed by atoms with Gasteiger partial charge in [-0.25, -0.2) is 4.98 Å². The fourth-order valence-electron chi connectivity index (χ4n) is 2.16. The van der Waals surface area contributed by atoms with Crippen molar-refractivity contribution < 1.29 is 9.90 Å². The average molecular weight is 290 g/mol. The highest BCUT2D eigenvalue weighted by Crippen LogP contribution is 2.18. The lowest BCUT2D eigenvalue weighted by atomic mass is 9.91. The molecule has 0 saturated heterocycles. The van der Waals surface area contributed by atoms with Crippen LogP contribution in [0.15, 0.2) is 42.6 Å². The first-order valence-electron chi connectivity index (χ1n) is 6.44. The molecular weight excluding hydrogens is 274 g/mol. The molecular formula is C16H16ClNO2. The molecule has 0 spiro atoms. The lowest BCUT2D eigenvalue weighted by molar-refractivity contribution is -0.141. The van der Waals surface area contributed by atoms with Crippen LogP contribution in [-0.4, -0.2) is 16.1 Å². The topological polar surface area (TPSA) is 50.2 Å². The molecule has 20 heavy (non-hydrogen) atoms. The van der Waals surface area contributed by atoms with Crippen molar-refractivity contribution in [2.24, 2.45) is 5.92 Å². The summed E-state index contributed by atoms with van der Waals surface area (Å²) in [5.74, 6) is -1.25. The van der Waals surface area contributed by atoms with Gasteiger partial charge in [0.2, 0.25) is 0 Å². The lowest BCUT2D eigenvalue weighted by Gasteiger charge is -2.14. The number of hydrogen-bond donors (Lipinski definition) is 1. The molecule has 2 rings (SSSR count). The van der Waals surface area contributed by atoms with Crippen LogP contribution in [0, 0.1) is 12.8 Å². The zero-order chi connectivity index (χ0) is 14.5. The van der Waals surface area contributed by atoms with Crippen molar-refractivity contribution in [3.05, 3.63) is 64.4 Å². The molecule has 0 aliphatic rings. The fourth-order valence-corrected chi connectivity index (χ4v) is 2.27. The van der Waals surface area contributed by atoms with Gasteiger partial charge in [0.1, 0.15) is 5.15 Å². The van der Waals surface area contributed by atoms with Gasteiger partial charge < -0.3 is 5.11 Å². The molecule has 1 atom stereocenters. The molecule has 0 bridgehead atoms. The number of hydrogen-bond acceptors (Lipinski definition) is 2. The smallest absolute Gasteiger partial charge is 0.307 e. The van der Waals surface area contributed by atoms with Gasteiger partial charge in [0.05, 0.1) is 5.92 Å². The standard InChI is InChI=1S/C16H16ClNO2/c1-11-4-2-3-5-13(11)9-14(16(19)20)8-12-6-7-15(17)18-10-12/h2-7,10,14H,8-9H2,1H3,(H,19,20). The number of halogens is 1. The number of rotatable bonds is 5. The maximum absolute atomic E-state index is 11.4. The Labute approximate surface area is 123 Å². The van der Waals surface area contributed by atoms with Crippen LogP contribution >= 0.6 is 11.6 Å². The first kappa shape index (κ1) is 14.5. The maximum Gasteiger partial charge on any atom is 0.307 e. The number of aryl methyl sites for hydroxylation is 1. The second kappa shape index (κ2) is 6.53. The van der Waals surface area contributed by atoms with Gasteiger partial charge in [-0.1, -0.05) is 41.9 Å². The quantitative estimate of drug-likeness (QED) is 0.857. The van der Waals surface area contributed by atoms with E-state index in [2.05, 4.69) is 4.98 Å². The summed E-state index contributed by atoms with van der Waals surface area (Å²) in [4.78, 5) is 15.4. The van der Waals surface area contributed by atoms with E-state index < -0.39 is 11.9 Å². The van der Waals surface area contributed by atoms with Gasteiger partial charge in [-0.15, -0.1) is 0 Å². The molecule has 1 N–H and O–H groups in total. The first-order valence-corrected chi connectivity index (χ1v) is 6.82. The molecule has 0 amide bonds. The van der Waals surface area contributed by atoms with Gasteiger partial charge in [-0.3, -0.25) is 4.79 Å². The molecule has 4 heteroatoms. The SMILES string of the molecule is Cc1ccccc1CC(Cc1ccc(Cl)nc1)C(=O)O. The highest BCUT2D eigenvalue weighted by atomic mass is 35.5. The minimum Gasteiger partial charge on any atom is -0.481 e. The van der Waals surface area contributed by atoms with Crippen LogP contribution in [-0.2, 0) is 17.6 Å². The van der Waals surface area contributed by atoms with Crippen LogP contribution in [0.1, 0.15) is 16.7 Å². The van der Waals surface area contributed by atoms with E-state index in [1.807, 2.05) is 37.3 Å². The van der Waals surface area contributed by atoms with Gasteiger partial charge in [0.25, 0.3) is 0 Å². The van der Waals surface area contributed by atoms with E-state index in [1.165, 1.54) is 0 Å². The van der Waals surface area contributed by atoms with E-state index in [0.29, 0.717) is 18.0 Å². The molecule has 0 aliphatic carbocycles. The summed E-state index contributed by atoms with van der Waals surface area (Å²) in [6.45, 7) is 2.00. The molecule has 0 saturated carbocycles. The van der Waals surface area contributed by atoms with Crippen LogP contribution in [0.3, 0.4) is 0 Å². The van der Waals surface area contributed by atoms with Crippen molar-refractivity contribution in [1.82, 2.24) is 4.98 Å². The second-order valence-electron chi connectivity index (χ2n) is 4.86. The number of carbonyl (C=O) groups is 1. The minimum absolute atomic E-state index is 0.416. The number of nitrogens with zero attached hydrogens (tertiary/aromatic N) is 1. The zero-order valence-corrected chi connectivity index (χ0v) is 12.0. The van der Waals surface area contributed by atoms with Crippen molar-refractivity contribution in [2.75, 3.05) is 0 Å². The van der Waals surface area contributed by atoms with Crippen molar-refractivity contribution in [2.45, 2.75) is 19.8 Å². The average Bonchev–Trinajstić information content (AvgIpc) is 2.42. The third kappa shape index (κ3) is 3.81. The Morgan fingerprint density at radius 1 is 1.25 bits per heavy atom. The monoisotopic (exact) mass is 289 g/mol. The number of pyridine rings is 1. The Bertz CT molecular complexity index is 596. The Hall–Kier alpha value is -1.87. The third-order valence-electron chi connectivity index (χ3n) is 3.35. The van der Waals surface area contributed by atoms with Crippen LogP contribution in [0.4, 0.5) is 0 Å². The molecule has 0 radical (unpaired) electrons. The fraction of sp³-hybridized carbons (Fsp3) is 0.250. The molecule has 2 aromatic rings. The van der Waals surface area contributed by atoms with E-state index in [9.17, 15) is 9.90 Å². The first-order chi connectivity index (χ1) is 9.56. The number of carboxylic acid groups (broad SMARTS) is 1. The van der Waals surface area contributed by atoms with Crippen LogP contribution in [0.25, 0.3) is 0 Å². The molecule has 3 nitrogen and oxygen atoms in total. The number of benzene rings is 1. The Morgan fingerprint density at radius 3 is 2.60 bits per heavy atom. The molecule has 1 aromatic heterocycles. The number of aliphatic carboxylic acids is 1. The van der Waals surface area contributed by atoms with E-state index in [1.54, 1.807) is 12.3 Å². The van der Waals surface area contributed by atoms with Crippen molar-refractivity contribution in [3.8, 4) is 0 Å². The Kier molecular flexibility index (Phi) is 4.74. The van der Waals surface area contributed by atoms with Crippen molar-refractivity contribution in [1.29, 1.82) is 0 Å².